The molecule has 6 heteroatoms. The summed E-state index contributed by atoms with van der Waals surface area (Å²) in [6, 6.07) is 10.0. The second-order valence-electron chi connectivity index (χ2n) is 4.39. The Morgan fingerprint density at radius 2 is 1.75 bits per heavy atom. The Kier molecular flexibility index (Phi) is 3.74. The third-order valence-electron chi connectivity index (χ3n) is 2.84. The number of alkyl halides is 3. The molecule has 20 heavy (non-hydrogen) atoms. The van der Waals surface area contributed by atoms with Crippen LogP contribution in [0.25, 0.3) is 0 Å². The van der Waals surface area contributed by atoms with E-state index >= 15 is 0 Å². The van der Waals surface area contributed by atoms with Crippen molar-refractivity contribution in [1.82, 2.24) is 0 Å². The quantitative estimate of drug-likeness (QED) is 0.755. The summed E-state index contributed by atoms with van der Waals surface area (Å²) in [5.41, 5.74) is 12.9. The molecule has 0 amide bonds. The molecule has 2 rings (SSSR count). The molecule has 0 atom stereocenters. The van der Waals surface area contributed by atoms with Gasteiger partial charge in [-0.2, -0.15) is 13.2 Å². The lowest BCUT2D eigenvalue weighted by Gasteiger charge is -2.12. The number of nitrogens with two attached hydrogens (primary N) is 2. The number of hydrogen-bond donors (Lipinski definition) is 3. The van der Waals surface area contributed by atoms with Gasteiger partial charge in [0.2, 0.25) is 0 Å². The highest BCUT2D eigenvalue weighted by atomic mass is 19.4. The fourth-order valence-corrected chi connectivity index (χ4v) is 1.78. The van der Waals surface area contributed by atoms with Crippen molar-refractivity contribution in [1.29, 1.82) is 0 Å². The molecule has 0 saturated carbocycles. The van der Waals surface area contributed by atoms with Gasteiger partial charge in [-0.1, -0.05) is 6.07 Å². The second-order valence-corrected chi connectivity index (χ2v) is 4.39. The summed E-state index contributed by atoms with van der Waals surface area (Å²) in [6.45, 7) is 0.304. The summed E-state index contributed by atoms with van der Waals surface area (Å²) in [4.78, 5) is 0. The summed E-state index contributed by atoms with van der Waals surface area (Å²) in [5.74, 6) is 0. The van der Waals surface area contributed by atoms with Gasteiger partial charge in [-0.25, -0.2) is 0 Å². The van der Waals surface area contributed by atoms with Gasteiger partial charge in [0.05, 0.1) is 5.56 Å². The fraction of sp³-hybridized carbons (Fsp3) is 0.143. The minimum Gasteiger partial charge on any atom is -0.399 e. The van der Waals surface area contributed by atoms with Crippen LogP contribution in [0.5, 0.6) is 0 Å². The van der Waals surface area contributed by atoms with Gasteiger partial charge < -0.3 is 16.8 Å². The van der Waals surface area contributed by atoms with Crippen LogP contribution in [0.2, 0.25) is 0 Å². The third-order valence-corrected chi connectivity index (χ3v) is 2.84. The van der Waals surface area contributed by atoms with E-state index in [1.54, 1.807) is 24.3 Å². The van der Waals surface area contributed by atoms with E-state index in [4.69, 9.17) is 11.5 Å². The zero-order valence-electron chi connectivity index (χ0n) is 10.5. The van der Waals surface area contributed by atoms with Crippen LogP contribution in [0, 0.1) is 0 Å². The van der Waals surface area contributed by atoms with Crippen LogP contribution in [-0.4, -0.2) is 0 Å². The van der Waals surface area contributed by atoms with Crippen molar-refractivity contribution in [2.24, 2.45) is 0 Å². The molecule has 0 radical (unpaired) electrons. The van der Waals surface area contributed by atoms with Crippen molar-refractivity contribution in [3.63, 3.8) is 0 Å². The molecule has 0 aromatic heterocycles. The summed E-state index contributed by atoms with van der Waals surface area (Å²) >= 11 is 0. The van der Waals surface area contributed by atoms with Crippen LogP contribution >= 0.6 is 0 Å². The Morgan fingerprint density at radius 3 is 2.45 bits per heavy atom. The monoisotopic (exact) mass is 281 g/mol. The van der Waals surface area contributed by atoms with Crippen molar-refractivity contribution in [2.75, 3.05) is 16.8 Å². The topological polar surface area (TPSA) is 64.1 Å². The van der Waals surface area contributed by atoms with Crippen molar-refractivity contribution in [3.05, 3.63) is 53.6 Å². The molecule has 0 aliphatic rings. The van der Waals surface area contributed by atoms with Crippen LogP contribution in [0.4, 0.5) is 30.2 Å². The van der Waals surface area contributed by atoms with Crippen LogP contribution < -0.4 is 16.8 Å². The normalized spacial score (nSPS) is 11.3. The van der Waals surface area contributed by atoms with Crippen LogP contribution in [0.15, 0.2) is 42.5 Å². The second kappa shape index (κ2) is 5.32. The number of nitrogens with one attached hydrogen (secondary N) is 1. The predicted octanol–water partition coefficient (Wildman–Crippen LogP) is 3.48. The molecule has 0 saturated heterocycles. The van der Waals surface area contributed by atoms with E-state index in [1.165, 1.54) is 6.07 Å². The van der Waals surface area contributed by atoms with E-state index in [-0.39, 0.29) is 0 Å². The molecular formula is C14H14F3N3. The highest BCUT2D eigenvalue weighted by Gasteiger charge is 2.30. The molecule has 5 N–H and O–H groups in total. The van der Waals surface area contributed by atoms with Crippen molar-refractivity contribution in [2.45, 2.75) is 12.7 Å². The molecule has 0 aliphatic heterocycles. The number of hydrogen-bond acceptors (Lipinski definition) is 3. The van der Waals surface area contributed by atoms with Gasteiger partial charge in [-0.05, 0) is 42.0 Å². The summed E-state index contributed by atoms with van der Waals surface area (Å²) < 4.78 is 37.8. The molecule has 0 unspecified atom stereocenters. The summed E-state index contributed by atoms with van der Waals surface area (Å²) in [7, 11) is 0. The third kappa shape index (κ3) is 3.34. The van der Waals surface area contributed by atoms with Gasteiger partial charge in [0.25, 0.3) is 0 Å². The first-order valence-electron chi connectivity index (χ1n) is 5.91. The van der Waals surface area contributed by atoms with Crippen LogP contribution in [0.1, 0.15) is 11.1 Å². The van der Waals surface area contributed by atoms with Gasteiger partial charge >= 0.3 is 6.18 Å². The number of anilines is 3. The molecule has 2 aromatic carbocycles. The maximum atomic E-state index is 12.6. The highest BCUT2D eigenvalue weighted by Crippen LogP contribution is 2.30. The lowest BCUT2D eigenvalue weighted by molar-refractivity contribution is -0.137. The Morgan fingerprint density at radius 1 is 1.00 bits per heavy atom. The standard InChI is InChI=1S/C14H14F3N3/c15-14(16,17)10-2-1-3-12(7-10)20-8-9-6-11(18)4-5-13(9)19/h1-7,20H,8,18-19H2. The molecule has 0 spiro atoms. The Hall–Kier alpha value is -2.37. The van der Waals surface area contributed by atoms with E-state index in [2.05, 4.69) is 5.32 Å². The average molecular weight is 281 g/mol. The molecule has 106 valence electrons. The SMILES string of the molecule is Nc1ccc(N)c(CNc2cccc(C(F)(F)F)c2)c1. The van der Waals surface area contributed by atoms with Gasteiger partial charge in [-0.3, -0.25) is 0 Å². The predicted molar refractivity (Wildman–Crippen MR) is 74.0 cm³/mol. The molecule has 0 bridgehead atoms. The molecule has 2 aromatic rings. The van der Waals surface area contributed by atoms with E-state index in [0.29, 0.717) is 23.6 Å². The Labute approximate surface area is 114 Å². The maximum absolute atomic E-state index is 12.6. The first-order chi connectivity index (χ1) is 9.36. The number of rotatable bonds is 3. The first kappa shape index (κ1) is 14.0. The van der Waals surface area contributed by atoms with E-state index in [0.717, 1.165) is 17.7 Å². The number of nitrogen functional groups attached to an aromatic ring is 2. The van der Waals surface area contributed by atoms with E-state index in [1.807, 2.05) is 0 Å². The minimum absolute atomic E-state index is 0.304. The molecule has 0 aliphatic carbocycles. The largest absolute Gasteiger partial charge is 0.416 e. The number of halogens is 3. The van der Waals surface area contributed by atoms with E-state index in [9.17, 15) is 13.2 Å². The highest BCUT2D eigenvalue weighted by molar-refractivity contribution is 5.57. The number of benzene rings is 2. The smallest absolute Gasteiger partial charge is 0.399 e. The molecular weight excluding hydrogens is 267 g/mol. The zero-order chi connectivity index (χ0) is 14.8. The van der Waals surface area contributed by atoms with Crippen molar-refractivity contribution < 1.29 is 13.2 Å². The summed E-state index contributed by atoms with van der Waals surface area (Å²) in [6.07, 6.45) is -4.35. The van der Waals surface area contributed by atoms with Gasteiger partial charge in [0.1, 0.15) is 0 Å². The molecule has 0 heterocycles. The fourth-order valence-electron chi connectivity index (χ4n) is 1.78. The van der Waals surface area contributed by atoms with Crippen molar-refractivity contribution >= 4 is 17.1 Å². The van der Waals surface area contributed by atoms with Crippen LogP contribution in [-0.2, 0) is 12.7 Å². The van der Waals surface area contributed by atoms with Crippen molar-refractivity contribution in [3.8, 4) is 0 Å². The maximum Gasteiger partial charge on any atom is 0.416 e. The molecule has 3 nitrogen and oxygen atoms in total. The zero-order valence-corrected chi connectivity index (χ0v) is 10.5. The molecule has 0 fully saturated rings. The van der Waals surface area contributed by atoms with E-state index < -0.39 is 11.7 Å². The van der Waals surface area contributed by atoms with Gasteiger partial charge in [0, 0.05) is 23.6 Å². The van der Waals surface area contributed by atoms with Gasteiger partial charge in [-0.15, -0.1) is 0 Å². The Bertz CT molecular complexity index is 609. The van der Waals surface area contributed by atoms with Gasteiger partial charge in [0.15, 0.2) is 0 Å². The Balaban J connectivity index is 2.13. The first-order valence-corrected chi connectivity index (χ1v) is 5.91. The summed E-state index contributed by atoms with van der Waals surface area (Å²) in [5, 5.41) is 2.91. The lowest BCUT2D eigenvalue weighted by atomic mass is 10.1. The lowest BCUT2D eigenvalue weighted by Crippen LogP contribution is -2.07. The minimum atomic E-state index is -4.35. The van der Waals surface area contributed by atoms with Crippen LogP contribution in [0.3, 0.4) is 0 Å². The average Bonchev–Trinajstić information content (AvgIpc) is 2.39.